The van der Waals surface area contributed by atoms with E-state index in [-0.39, 0.29) is 12.5 Å². The highest BCUT2D eigenvalue weighted by Gasteiger charge is 2.30. The predicted molar refractivity (Wildman–Crippen MR) is 96.6 cm³/mol. The lowest BCUT2D eigenvalue weighted by Crippen LogP contribution is -2.46. The summed E-state index contributed by atoms with van der Waals surface area (Å²) in [7, 11) is 0. The summed E-state index contributed by atoms with van der Waals surface area (Å²) in [5.74, 6) is -0.141. The Bertz CT molecular complexity index is 510. The third kappa shape index (κ3) is 5.21. The molecule has 0 radical (unpaired) electrons. The number of unbranched alkanes of at least 4 members (excludes halogenated alkanes) is 1. The minimum atomic E-state index is -0.840. The summed E-state index contributed by atoms with van der Waals surface area (Å²) < 4.78 is 5.25. The average molecular weight is 334 g/mol. The van der Waals surface area contributed by atoms with Crippen LogP contribution >= 0.6 is 0 Å². The van der Waals surface area contributed by atoms with Crippen molar-refractivity contribution in [3.63, 3.8) is 0 Å². The Morgan fingerprint density at radius 2 is 1.92 bits per heavy atom. The molecule has 24 heavy (non-hydrogen) atoms. The first kappa shape index (κ1) is 18.7. The molecule has 0 aromatic heterocycles. The molecule has 1 fully saturated rings. The van der Waals surface area contributed by atoms with Gasteiger partial charge in [-0.15, -0.1) is 0 Å². The maximum Gasteiger partial charge on any atom is 0.251 e. The van der Waals surface area contributed by atoms with Crippen LogP contribution in [-0.4, -0.2) is 49.5 Å². The maximum atomic E-state index is 12.3. The molecule has 134 valence electrons. The van der Waals surface area contributed by atoms with Crippen molar-refractivity contribution >= 4 is 11.6 Å². The summed E-state index contributed by atoms with van der Waals surface area (Å²) in [4.78, 5) is 14.6. The molecule has 1 saturated heterocycles. The fourth-order valence-corrected chi connectivity index (χ4v) is 2.92. The second kappa shape index (κ2) is 9.04. The Kier molecular flexibility index (Phi) is 7.06. The molecule has 1 aliphatic rings. The van der Waals surface area contributed by atoms with E-state index < -0.39 is 5.60 Å². The second-order valence-electron chi connectivity index (χ2n) is 6.50. The standard InChI is InChI=1S/C19H30N2O3/c1-3-5-12-21(4-2)17-8-6-16(7-9-17)18(22)20-15-19(23)10-13-24-14-11-19/h6-9,23H,3-5,10-15H2,1-2H3,(H,20,22). The molecule has 5 nitrogen and oxygen atoms in total. The zero-order chi connectivity index (χ0) is 17.4. The lowest BCUT2D eigenvalue weighted by Gasteiger charge is -2.32. The molecule has 1 aliphatic heterocycles. The van der Waals surface area contributed by atoms with Crippen LogP contribution in [0.15, 0.2) is 24.3 Å². The molecule has 0 saturated carbocycles. The number of carbonyl (C=O) groups excluding carboxylic acids is 1. The van der Waals surface area contributed by atoms with Crippen molar-refractivity contribution in [3.05, 3.63) is 29.8 Å². The molecule has 1 heterocycles. The second-order valence-corrected chi connectivity index (χ2v) is 6.50. The molecule has 1 amide bonds. The molecule has 0 aliphatic carbocycles. The van der Waals surface area contributed by atoms with Gasteiger partial charge in [0.2, 0.25) is 0 Å². The van der Waals surface area contributed by atoms with Gasteiger partial charge in [-0.2, -0.15) is 0 Å². The molecular formula is C19H30N2O3. The first-order chi connectivity index (χ1) is 11.6. The Balaban J connectivity index is 1.90. The van der Waals surface area contributed by atoms with Crippen LogP contribution in [0.2, 0.25) is 0 Å². The summed E-state index contributed by atoms with van der Waals surface area (Å²) >= 11 is 0. The van der Waals surface area contributed by atoms with Gasteiger partial charge in [-0.25, -0.2) is 0 Å². The number of hydrogen-bond donors (Lipinski definition) is 2. The average Bonchev–Trinajstić information content (AvgIpc) is 2.61. The highest BCUT2D eigenvalue weighted by molar-refractivity contribution is 5.94. The molecule has 1 aromatic rings. The van der Waals surface area contributed by atoms with Crippen LogP contribution in [0, 0.1) is 0 Å². The van der Waals surface area contributed by atoms with Gasteiger partial charge in [0.05, 0.1) is 5.60 Å². The Hall–Kier alpha value is -1.59. The molecule has 0 spiro atoms. The quantitative estimate of drug-likeness (QED) is 0.767. The largest absolute Gasteiger partial charge is 0.388 e. The van der Waals surface area contributed by atoms with Crippen molar-refractivity contribution in [1.82, 2.24) is 5.32 Å². The van der Waals surface area contributed by atoms with Crippen molar-refractivity contribution in [3.8, 4) is 0 Å². The SMILES string of the molecule is CCCCN(CC)c1ccc(C(=O)NCC2(O)CCOCC2)cc1. The van der Waals surface area contributed by atoms with Crippen LogP contribution in [0.3, 0.4) is 0 Å². The van der Waals surface area contributed by atoms with Gasteiger partial charge in [0.25, 0.3) is 5.91 Å². The van der Waals surface area contributed by atoms with Gasteiger partial charge < -0.3 is 20.1 Å². The topological polar surface area (TPSA) is 61.8 Å². The number of rotatable bonds is 8. The van der Waals surface area contributed by atoms with E-state index in [1.54, 1.807) is 0 Å². The third-order valence-corrected chi connectivity index (χ3v) is 4.66. The van der Waals surface area contributed by atoms with E-state index in [4.69, 9.17) is 4.74 Å². The molecule has 2 rings (SSSR count). The number of benzene rings is 1. The normalized spacial score (nSPS) is 16.6. The van der Waals surface area contributed by atoms with E-state index >= 15 is 0 Å². The number of anilines is 1. The van der Waals surface area contributed by atoms with Gasteiger partial charge in [-0.1, -0.05) is 13.3 Å². The number of aliphatic hydroxyl groups is 1. The molecule has 1 aromatic carbocycles. The molecule has 0 atom stereocenters. The highest BCUT2D eigenvalue weighted by atomic mass is 16.5. The molecule has 2 N–H and O–H groups in total. The molecule has 0 unspecified atom stereocenters. The monoisotopic (exact) mass is 334 g/mol. The van der Waals surface area contributed by atoms with Gasteiger partial charge in [-0.05, 0) is 37.6 Å². The fraction of sp³-hybridized carbons (Fsp3) is 0.632. The number of nitrogens with zero attached hydrogens (tertiary/aromatic N) is 1. The molecule has 5 heteroatoms. The van der Waals surface area contributed by atoms with Crippen molar-refractivity contribution < 1.29 is 14.6 Å². The molecule has 0 bridgehead atoms. The third-order valence-electron chi connectivity index (χ3n) is 4.66. The zero-order valence-corrected chi connectivity index (χ0v) is 14.9. The zero-order valence-electron chi connectivity index (χ0n) is 14.9. The van der Waals surface area contributed by atoms with E-state index in [2.05, 4.69) is 24.1 Å². The molecular weight excluding hydrogens is 304 g/mol. The van der Waals surface area contributed by atoms with E-state index in [1.807, 2.05) is 24.3 Å². The summed E-state index contributed by atoms with van der Waals surface area (Å²) in [6, 6.07) is 7.70. The van der Waals surface area contributed by atoms with Crippen LogP contribution in [-0.2, 0) is 4.74 Å². The number of amides is 1. The smallest absolute Gasteiger partial charge is 0.251 e. The van der Waals surface area contributed by atoms with E-state index in [1.165, 1.54) is 12.8 Å². The van der Waals surface area contributed by atoms with Crippen molar-refractivity contribution in [2.45, 2.75) is 45.1 Å². The van der Waals surface area contributed by atoms with Crippen LogP contribution < -0.4 is 10.2 Å². The Morgan fingerprint density at radius 1 is 1.25 bits per heavy atom. The van der Waals surface area contributed by atoms with Crippen LogP contribution in [0.5, 0.6) is 0 Å². The summed E-state index contributed by atoms with van der Waals surface area (Å²) in [5.41, 5.74) is 0.930. The van der Waals surface area contributed by atoms with Gasteiger partial charge in [0.15, 0.2) is 0 Å². The van der Waals surface area contributed by atoms with Crippen molar-refractivity contribution in [1.29, 1.82) is 0 Å². The van der Waals surface area contributed by atoms with Crippen LogP contribution in [0.4, 0.5) is 5.69 Å². The van der Waals surface area contributed by atoms with Gasteiger partial charge >= 0.3 is 0 Å². The Labute approximate surface area is 145 Å². The van der Waals surface area contributed by atoms with E-state index in [0.29, 0.717) is 31.6 Å². The van der Waals surface area contributed by atoms with Crippen molar-refractivity contribution in [2.75, 3.05) is 37.7 Å². The fourth-order valence-electron chi connectivity index (χ4n) is 2.92. The maximum absolute atomic E-state index is 12.3. The minimum Gasteiger partial charge on any atom is -0.388 e. The predicted octanol–water partition coefficient (Wildman–Crippen LogP) is 2.58. The van der Waals surface area contributed by atoms with E-state index in [0.717, 1.165) is 18.8 Å². The number of ether oxygens (including phenoxy) is 1. The summed E-state index contributed by atoms with van der Waals surface area (Å²) in [6.45, 7) is 7.69. The number of nitrogens with one attached hydrogen (secondary N) is 1. The lowest BCUT2D eigenvalue weighted by molar-refractivity contribution is -0.0605. The van der Waals surface area contributed by atoms with Gasteiger partial charge in [-0.3, -0.25) is 4.79 Å². The summed E-state index contributed by atoms with van der Waals surface area (Å²) in [6.07, 6.45) is 3.47. The van der Waals surface area contributed by atoms with Crippen LogP contribution in [0.25, 0.3) is 0 Å². The first-order valence-electron chi connectivity index (χ1n) is 9.01. The minimum absolute atomic E-state index is 0.141. The van der Waals surface area contributed by atoms with E-state index in [9.17, 15) is 9.90 Å². The van der Waals surface area contributed by atoms with Gasteiger partial charge in [0.1, 0.15) is 0 Å². The first-order valence-corrected chi connectivity index (χ1v) is 9.01. The number of carbonyl (C=O) groups is 1. The Morgan fingerprint density at radius 3 is 2.50 bits per heavy atom. The van der Waals surface area contributed by atoms with Crippen LogP contribution in [0.1, 0.15) is 49.9 Å². The number of hydrogen-bond acceptors (Lipinski definition) is 4. The highest BCUT2D eigenvalue weighted by Crippen LogP contribution is 2.20. The van der Waals surface area contributed by atoms with Crippen molar-refractivity contribution in [2.24, 2.45) is 0 Å². The lowest BCUT2D eigenvalue weighted by atomic mass is 9.94. The summed E-state index contributed by atoms with van der Waals surface area (Å²) in [5, 5.41) is 13.2. The van der Waals surface area contributed by atoms with Gasteiger partial charge in [0, 0.05) is 56.9 Å².